The van der Waals surface area contributed by atoms with Crippen molar-refractivity contribution in [2.75, 3.05) is 27.4 Å². The number of rotatable bonds is 9. The first-order valence-electron chi connectivity index (χ1n) is 11.2. The van der Waals surface area contributed by atoms with Gasteiger partial charge in [-0.25, -0.2) is 0 Å². The van der Waals surface area contributed by atoms with Crippen LogP contribution in [0.2, 0.25) is 0 Å². The van der Waals surface area contributed by atoms with Crippen molar-refractivity contribution in [3.8, 4) is 11.5 Å². The summed E-state index contributed by atoms with van der Waals surface area (Å²) in [6.07, 6.45) is -0.361. The molecule has 0 spiro atoms. The van der Waals surface area contributed by atoms with Crippen molar-refractivity contribution in [3.63, 3.8) is 0 Å². The molecule has 1 saturated carbocycles. The van der Waals surface area contributed by atoms with Gasteiger partial charge >= 0.3 is 11.9 Å². The fourth-order valence-corrected chi connectivity index (χ4v) is 4.15. The Balaban J connectivity index is 2.61. The minimum Gasteiger partial charge on any atom is -0.493 e. The Kier molecular flexibility index (Phi) is 8.89. The topological polar surface area (TPSA) is 108 Å². The SMILES string of the molecule is COc1ccc([C@@H]2[C@H](C(=O)OCC(C)C)C(=O)C[C@](C)(O)[C@H]2C(=O)OCC(C)C)cc1OC. The minimum absolute atomic E-state index is 0.0714. The first-order valence-corrected chi connectivity index (χ1v) is 11.2. The molecule has 1 aliphatic carbocycles. The number of benzene rings is 1. The monoisotopic (exact) mass is 464 g/mol. The number of ketones is 1. The van der Waals surface area contributed by atoms with E-state index < -0.39 is 41.1 Å². The number of Topliss-reactive ketones (excluding diaryl/α,β-unsaturated/α-hetero) is 1. The predicted molar refractivity (Wildman–Crippen MR) is 121 cm³/mol. The van der Waals surface area contributed by atoms with Crippen LogP contribution in [-0.4, -0.2) is 55.9 Å². The molecule has 0 bridgehead atoms. The van der Waals surface area contributed by atoms with Gasteiger partial charge in [-0.15, -0.1) is 0 Å². The number of aliphatic hydroxyl groups is 1. The van der Waals surface area contributed by atoms with Gasteiger partial charge in [-0.2, -0.15) is 0 Å². The van der Waals surface area contributed by atoms with Gasteiger partial charge in [-0.05, 0) is 36.5 Å². The van der Waals surface area contributed by atoms with E-state index in [9.17, 15) is 19.5 Å². The molecule has 1 aromatic rings. The van der Waals surface area contributed by atoms with Crippen molar-refractivity contribution < 1.29 is 38.4 Å². The summed E-state index contributed by atoms with van der Waals surface area (Å²) in [5.74, 6) is -4.32. The summed E-state index contributed by atoms with van der Waals surface area (Å²) in [5.41, 5.74) is -1.24. The zero-order valence-electron chi connectivity index (χ0n) is 20.5. The molecule has 33 heavy (non-hydrogen) atoms. The number of ether oxygens (including phenoxy) is 4. The summed E-state index contributed by atoms with van der Waals surface area (Å²) < 4.78 is 21.6. The molecule has 0 saturated heterocycles. The molecule has 2 rings (SSSR count). The lowest BCUT2D eigenvalue weighted by Gasteiger charge is -2.43. The molecular weight excluding hydrogens is 428 g/mol. The molecular formula is C25H36O8. The molecule has 0 unspecified atom stereocenters. The van der Waals surface area contributed by atoms with E-state index in [1.54, 1.807) is 18.2 Å². The Morgan fingerprint density at radius 3 is 2.06 bits per heavy atom. The second-order valence-electron chi connectivity index (χ2n) is 9.64. The van der Waals surface area contributed by atoms with E-state index in [1.807, 2.05) is 27.7 Å². The van der Waals surface area contributed by atoms with Crippen molar-refractivity contribution in [1.82, 2.24) is 0 Å². The normalized spacial score (nSPS) is 25.2. The quantitative estimate of drug-likeness (QED) is 0.439. The van der Waals surface area contributed by atoms with Crippen LogP contribution in [0.4, 0.5) is 0 Å². The number of methoxy groups -OCH3 is 2. The first-order chi connectivity index (χ1) is 15.4. The average molecular weight is 465 g/mol. The third-order valence-corrected chi connectivity index (χ3v) is 5.69. The van der Waals surface area contributed by atoms with E-state index in [1.165, 1.54) is 21.1 Å². The third-order valence-electron chi connectivity index (χ3n) is 5.69. The van der Waals surface area contributed by atoms with Gasteiger partial charge in [0.2, 0.25) is 0 Å². The van der Waals surface area contributed by atoms with Gasteiger partial charge in [0.25, 0.3) is 0 Å². The fraction of sp³-hybridized carbons (Fsp3) is 0.640. The number of carbonyl (C=O) groups is 3. The Morgan fingerprint density at radius 1 is 1.00 bits per heavy atom. The molecule has 4 atom stereocenters. The van der Waals surface area contributed by atoms with Crippen LogP contribution in [0.1, 0.15) is 52.5 Å². The largest absolute Gasteiger partial charge is 0.493 e. The highest BCUT2D eigenvalue weighted by molar-refractivity contribution is 6.02. The Morgan fingerprint density at radius 2 is 1.55 bits per heavy atom. The van der Waals surface area contributed by atoms with Gasteiger partial charge < -0.3 is 24.1 Å². The van der Waals surface area contributed by atoms with Gasteiger partial charge in [0.15, 0.2) is 17.3 Å². The average Bonchev–Trinajstić information content (AvgIpc) is 2.74. The highest BCUT2D eigenvalue weighted by Crippen LogP contribution is 2.48. The molecule has 8 nitrogen and oxygen atoms in total. The summed E-state index contributed by atoms with van der Waals surface area (Å²) in [5, 5.41) is 11.2. The van der Waals surface area contributed by atoms with Crippen LogP contribution < -0.4 is 9.47 Å². The number of esters is 2. The van der Waals surface area contributed by atoms with Crippen LogP contribution in [0.5, 0.6) is 11.5 Å². The number of hydrogen-bond acceptors (Lipinski definition) is 8. The van der Waals surface area contributed by atoms with Crippen LogP contribution in [0.25, 0.3) is 0 Å². The van der Waals surface area contributed by atoms with E-state index >= 15 is 0 Å². The van der Waals surface area contributed by atoms with Gasteiger partial charge in [0.05, 0.1) is 39.0 Å². The molecule has 1 aliphatic rings. The van der Waals surface area contributed by atoms with E-state index in [-0.39, 0.29) is 31.5 Å². The fourth-order valence-electron chi connectivity index (χ4n) is 4.15. The molecule has 0 aliphatic heterocycles. The zero-order chi connectivity index (χ0) is 24.9. The Labute approximate surface area is 195 Å². The zero-order valence-corrected chi connectivity index (χ0v) is 20.5. The van der Waals surface area contributed by atoms with Gasteiger partial charge in [-0.3, -0.25) is 14.4 Å². The third kappa shape index (κ3) is 6.25. The Bertz CT molecular complexity index is 858. The molecule has 1 aromatic carbocycles. The molecule has 1 fully saturated rings. The Hall–Kier alpha value is -2.61. The molecule has 184 valence electrons. The number of hydrogen-bond donors (Lipinski definition) is 1. The minimum atomic E-state index is -1.71. The molecule has 8 heteroatoms. The highest BCUT2D eigenvalue weighted by Gasteiger charge is 2.57. The molecule has 1 N–H and O–H groups in total. The van der Waals surface area contributed by atoms with Gasteiger partial charge in [0.1, 0.15) is 5.92 Å². The van der Waals surface area contributed by atoms with E-state index in [2.05, 4.69) is 0 Å². The van der Waals surface area contributed by atoms with E-state index in [0.29, 0.717) is 17.1 Å². The smallest absolute Gasteiger partial charge is 0.317 e. The summed E-state index contributed by atoms with van der Waals surface area (Å²) in [4.78, 5) is 39.4. The van der Waals surface area contributed by atoms with Crippen LogP contribution in [0.3, 0.4) is 0 Å². The molecule has 0 heterocycles. The van der Waals surface area contributed by atoms with Gasteiger partial charge in [-0.1, -0.05) is 33.8 Å². The van der Waals surface area contributed by atoms with Crippen molar-refractivity contribution in [2.24, 2.45) is 23.7 Å². The predicted octanol–water partition coefficient (Wildman–Crippen LogP) is 3.14. The number of carbonyl (C=O) groups excluding carboxylic acids is 3. The maximum atomic E-state index is 13.2. The standard InChI is InChI=1S/C25H36O8/c1-14(2)12-32-23(27)21-17(26)11-25(5,29)22(24(28)33-13-15(3)4)20(21)16-8-9-18(30-6)19(10-16)31-7/h8-10,14-15,20-22,29H,11-13H2,1-7H3/t20-,21-,22-,25+/m1/s1. The van der Waals surface area contributed by atoms with Crippen LogP contribution in [0, 0.1) is 23.7 Å². The lowest BCUT2D eigenvalue weighted by atomic mass is 9.61. The van der Waals surface area contributed by atoms with Crippen molar-refractivity contribution in [2.45, 2.75) is 52.6 Å². The van der Waals surface area contributed by atoms with E-state index in [0.717, 1.165) is 0 Å². The van der Waals surface area contributed by atoms with E-state index in [4.69, 9.17) is 18.9 Å². The van der Waals surface area contributed by atoms with Crippen LogP contribution in [0.15, 0.2) is 18.2 Å². The summed E-state index contributed by atoms with van der Waals surface area (Å²) in [7, 11) is 2.96. The van der Waals surface area contributed by atoms with Crippen molar-refractivity contribution >= 4 is 17.7 Å². The highest BCUT2D eigenvalue weighted by atomic mass is 16.5. The van der Waals surface area contributed by atoms with Crippen molar-refractivity contribution in [3.05, 3.63) is 23.8 Å². The second-order valence-corrected chi connectivity index (χ2v) is 9.64. The van der Waals surface area contributed by atoms with Crippen molar-refractivity contribution in [1.29, 1.82) is 0 Å². The maximum absolute atomic E-state index is 13.2. The second kappa shape index (κ2) is 11.0. The summed E-state index contributed by atoms with van der Waals surface area (Å²) in [6, 6.07) is 4.91. The molecule has 0 radical (unpaired) electrons. The van der Waals surface area contributed by atoms with Crippen LogP contribution >= 0.6 is 0 Å². The molecule has 0 amide bonds. The van der Waals surface area contributed by atoms with Gasteiger partial charge in [0, 0.05) is 12.3 Å². The van der Waals surface area contributed by atoms with Crippen LogP contribution in [-0.2, 0) is 23.9 Å². The first kappa shape index (κ1) is 26.6. The maximum Gasteiger partial charge on any atom is 0.317 e. The summed E-state index contributed by atoms with van der Waals surface area (Å²) in [6.45, 7) is 9.29. The lowest BCUT2D eigenvalue weighted by Crippen LogP contribution is -2.55. The summed E-state index contributed by atoms with van der Waals surface area (Å²) >= 11 is 0. The molecule has 0 aromatic heterocycles. The lowest BCUT2D eigenvalue weighted by molar-refractivity contribution is -0.173.